The van der Waals surface area contributed by atoms with Gasteiger partial charge < -0.3 is 10.1 Å². The summed E-state index contributed by atoms with van der Waals surface area (Å²) in [5, 5.41) is 3.37. The number of fused-ring (bicyclic) bond motifs is 1. The lowest BCUT2D eigenvalue weighted by atomic mass is 10.0. The summed E-state index contributed by atoms with van der Waals surface area (Å²) >= 11 is 0. The molecule has 6 nitrogen and oxygen atoms in total. The van der Waals surface area contributed by atoms with Gasteiger partial charge in [-0.2, -0.15) is 0 Å². The van der Waals surface area contributed by atoms with Crippen molar-refractivity contribution in [3.05, 3.63) is 35.8 Å². The summed E-state index contributed by atoms with van der Waals surface area (Å²) in [4.78, 5) is 26.3. The Bertz CT molecular complexity index is 813. The van der Waals surface area contributed by atoms with E-state index in [1.807, 2.05) is 46.8 Å². The second-order valence-corrected chi connectivity index (χ2v) is 8.31. The van der Waals surface area contributed by atoms with Crippen LogP contribution in [-0.4, -0.2) is 32.6 Å². The third-order valence-electron chi connectivity index (χ3n) is 4.49. The van der Waals surface area contributed by atoms with Crippen LogP contribution in [0, 0.1) is 5.92 Å². The molecule has 1 atom stereocenters. The van der Waals surface area contributed by atoms with E-state index in [-0.39, 0.29) is 11.9 Å². The summed E-state index contributed by atoms with van der Waals surface area (Å²) in [7, 11) is 0. The molecular formula is C21H28N4O2. The highest BCUT2D eigenvalue weighted by Crippen LogP contribution is 2.30. The minimum Gasteiger partial charge on any atom is -0.458 e. The van der Waals surface area contributed by atoms with Crippen LogP contribution < -0.4 is 5.32 Å². The van der Waals surface area contributed by atoms with Crippen molar-refractivity contribution >= 4 is 11.8 Å². The highest BCUT2D eigenvalue weighted by molar-refractivity contribution is 5.80. The Morgan fingerprint density at radius 3 is 2.48 bits per heavy atom. The van der Waals surface area contributed by atoms with Crippen molar-refractivity contribution in [1.29, 1.82) is 0 Å². The van der Waals surface area contributed by atoms with E-state index in [2.05, 4.69) is 10.3 Å². The Morgan fingerprint density at radius 1 is 1.15 bits per heavy atom. The molecule has 2 heterocycles. The number of anilines is 1. The van der Waals surface area contributed by atoms with Gasteiger partial charge in [-0.1, -0.05) is 13.8 Å². The molecule has 0 saturated carbocycles. The molecule has 1 N–H and O–H groups in total. The molecule has 0 aromatic carbocycles. The second kappa shape index (κ2) is 7.62. The minimum atomic E-state index is -0.526. The average Bonchev–Trinajstić information content (AvgIpc) is 3.07. The topological polar surface area (TPSA) is 77.0 Å². The number of nitrogens with zero attached hydrogens (tertiary/aromatic N) is 3. The lowest BCUT2D eigenvalue weighted by molar-refractivity contribution is -0.156. The van der Waals surface area contributed by atoms with Gasteiger partial charge in [0.2, 0.25) is 0 Å². The maximum absolute atomic E-state index is 12.7. The fraction of sp³-hybridized carbons (Fsp3) is 0.524. The van der Waals surface area contributed by atoms with Gasteiger partial charge in [0.05, 0.1) is 0 Å². The lowest BCUT2D eigenvalue weighted by Gasteiger charge is -2.27. The molecule has 144 valence electrons. The molecule has 3 rings (SSSR count). The summed E-state index contributed by atoms with van der Waals surface area (Å²) in [6.07, 6.45) is 6.38. The van der Waals surface area contributed by atoms with Gasteiger partial charge >= 0.3 is 5.97 Å². The van der Waals surface area contributed by atoms with Crippen molar-refractivity contribution in [3.8, 4) is 11.4 Å². The first-order chi connectivity index (χ1) is 12.7. The number of pyridine rings is 1. The predicted molar refractivity (Wildman–Crippen MR) is 105 cm³/mol. The lowest BCUT2D eigenvalue weighted by Crippen LogP contribution is -2.40. The van der Waals surface area contributed by atoms with Crippen LogP contribution in [0.25, 0.3) is 11.4 Å². The van der Waals surface area contributed by atoms with Gasteiger partial charge in [-0.15, -0.1) is 0 Å². The number of rotatable bonds is 5. The first-order valence-corrected chi connectivity index (χ1v) is 9.54. The van der Waals surface area contributed by atoms with E-state index in [0.29, 0.717) is 5.82 Å². The van der Waals surface area contributed by atoms with Gasteiger partial charge in [0.1, 0.15) is 17.5 Å². The van der Waals surface area contributed by atoms with Crippen LogP contribution >= 0.6 is 0 Å². The standard InChI is InChI=1S/C21H28N4O2/c1-13(2)17(20(26)27-21(3,4)5)24-19-15-7-6-8-16(15)23-18(25-19)14-9-11-22-12-10-14/h9-13,17H,6-8H2,1-5H3,(H,23,24,25)/t17-/m1/s1. The third kappa shape index (κ3) is 4.62. The van der Waals surface area contributed by atoms with Crippen molar-refractivity contribution < 1.29 is 9.53 Å². The highest BCUT2D eigenvalue weighted by atomic mass is 16.6. The van der Waals surface area contributed by atoms with Crippen molar-refractivity contribution in [2.24, 2.45) is 5.92 Å². The van der Waals surface area contributed by atoms with E-state index in [1.54, 1.807) is 12.4 Å². The Hall–Kier alpha value is -2.50. The van der Waals surface area contributed by atoms with Gasteiger partial charge in [-0.25, -0.2) is 14.8 Å². The van der Waals surface area contributed by atoms with Crippen LogP contribution in [0.2, 0.25) is 0 Å². The van der Waals surface area contributed by atoms with Crippen molar-refractivity contribution in [2.45, 2.75) is 65.5 Å². The van der Waals surface area contributed by atoms with E-state index in [0.717, 1.165) is 41.9 Å². The fourth-order valence-electron chi connectivity index (χ4n) is 3.19. The molecule has 0 fully saturated rings. The fourth-order valence-corrected chi connectivity index (χ4v) is 3.19. The monoisotopic (exact) mass is 368 g/mol. The number of hydrogen-bond donors (Lipinski definition) is 1. The normalized spacial score (nSPS) is 14.7. The summed E-state index contributed by atoms with van der Waals surface area (Å²) in [5.74, 6) is 1.21. The molecule has 0 aliphatic heterocycles. The summed E-state index contributed by atoms with van der Waals surface area (Å²) in [6, 6.07) is 3.33. The Labute approximate surface area is 160 Å². The molecule has 1 aliphatic carbocycles. The summed E-state index contributed by atoms with van der Waals surface area (Å²) in [6.45, 7) is 9.66. The van der Waals surface area contributed by atoms with Crippen LogP contribution in [-0.2, 0) is 22.4 Å². The Kier molecular flexibility index (Phi) is 5.44. The second-order valence-electron chi connectivity index (χ2n) is 8.31. The quantitative estimate of drug-likeness (QED) is 0.809. The molecule has 27 heavy (non-hydrogen) atoms. The number of ether oxygens (including phenoxy) is 1. The van der Waals surface area contributed by atoms with Gasteiger partial charge in [0.15, 0.2) is 5.82 Å². The van der Waals surface area contributed by atoms with E-state index >= 15 is 0 Å². The summed E-state index contributed by atoms with van der Waals surface area (Å²) in [5.41, 5.74) is 2.57. The molecule has 2 aromatic heterocycles. The van der Waals surface area contributed by atoms with Gasteiger partial charge in [-0.05, 0) is 58.1 Å². The number of nitrogens with one attached hydrogen (secondary N) is 1. The maximum atomic E-state index is 12.7. The zero-order valence-corrected chi connectivity index (χ0v) is 16.7. The van der Waals surface area contributed by atoms with E-state index in [4.69, 9.17) is 14.7 Å². The number of carbonyl (C=O) groups excluding carboxylic acids is 1. The molecular weight excluding hydrogens is 340 g/mol. The molecule has 1 aliphatic rings. The van der Waals surface area contributed by atoms with Crippen LogP contribution in [0.5, 0.6) is 0 Å². The van der Waals surface area contributed by atoms with Crippen LogP contribution in [0.3, 0.4) is 0 Å². The van der Waals surface area contributed by atoms with Gasteiger partial charge in [0.25, 0.3) is 0 Å². The van der Waals surface area contributed by atoms with Crippen molar-refractivity contribution in [1.82, 2.24) is 15.0 Å². The molecule has 0 spiro atoms. The zero-order valence-electron chi connectivity index (χ0n) is 16.7. The molecule has 0 bridgehead atoms. The first-order valence-electron chi connectivity index (χ1n) is 9.54. The first kappa shape index (κ1) is 19.3. The van der Waals surface area contributed by atoms with Crippen molar-refractivity contribution in [3.63, 3.8) is 0 Å². The highest BCUT2D eigenvalue weighted by Gasteiger charge is 2.30. The van der Waals surface area contributed by atoms with Gasteiger partial charge in [0, 0.05) is 29.2 Å². The molecule has 0 amide bonds. The van der Waals surface area contributed by atoms with Gasteiger partial charge in [-0.3, -0.25) is 4.98 Å². The van der Waals surface area contributed by atoms with Crippen LogP contribution in [0.4, 0.5) is 5.82 Å². The van der Waals surface area contributed by atoms with E-state index in [9.17, 15) is 4.79 Å². The van der Waals surface area contributed by atoms with Crippen LogP contribution in [0.15, 0.2) is 24.5 Å². The van der Waals surface area contributed by atoms with Crippen LogP contribution in [0.1, 0.15) is 52.3 Å². The van der Waals surface area contributed by atoms with Crippen molar-refractivity contribution in [2.75, 3.05) is 5.32 Å². The third-order valence-corrected chi connectivity index (χ3v) is 4.49. The number of carbonyl (C=O) groups is 1. The molecule has 0 radical (unpaired) electrons. The predicted octanol–water partition coefficient (Wildman–Crippen LogP) is 3.81. The zero-order chi connectivity index (χ0) is 19.6. The largest absolute Gasteiger partial charge is 0.458 e. The molecule has 6 heteroatoms. The smallest absolute Gasteiger partial charge is 0.329 e. The molecule has 0 unspecified atom stereocenters. The molecule has 2 aromatic rings. The Morgan fingerprint density at radius 2 is 1.85 bits per heavy atom. The average molecular weight is 368 g/mol. The van der Waals surface area contributed by atoms with E-state index in [1.165, 1.54) is 0 Å². The summed E-state index contributed by atoms with van der Waals surface area (Å²) < 4.78 is 5.61. The number of aromatic nitrogens is 3. The SMILES string of the molecule is CC(C)[C@@H](Nc1nc(-c2ccncc2)nc2c1CCC2)C(=O)OC(C)(C)C. The Balaban J connectivity index is 1.95. The van der Waals surface area contributed by atoms with E-state index < -0.39 is 11.6 Å². The molecule has 0 saturated heterocycles. The maximum Gasteiger partial charge on any atom is 0.329 e. The number of esters is 1. The number of aryl methyl sites for hydroxylation is 1. The minimum absolute atomic E-state index is 0.0660. The number of hydrogen-bond acceptors (Lipinski definition) is 6.